The molecule has 0 radical (unpaired) electrons. The fraction of sp³-hybridized carbons (Fsp3) is 0.261. The van der Waals surface area contributed by atoms with Gasteiger partial charge in [-0.05, 0) is 38.0 Å². The summed E-state index contributed by atoms with van der Waals surface area (Å²) in [4.78, 5) is 16.1. The third kappa shape index (κ3) is 4.60. The van der Waals surface area contributed by atoms with Gasteiger partial charge in [-0.2, -0.15) is 10.1 Å². The maximum absolute atomic E-state index is 5.73. The largest absolute Gasteiger partial charge is 0.358 e. The van der Waals surface area contributed by atoms with Gasteiger partial charge >= 0.3 is 0 Å². The predicted molar refractivity (Wildman–Crippen MR) is 126 cm³/mol. The molecule has 0 aromatic carbocycles. The molecule has 0 bridgehead atoms. The first-order valence-corrected chi connectivity index (χ1v) is 10.9. The Morgan fingerprint density at radius 3 is 2.94 bits per heavy atom. The van der Waals surface area contributed by atoms with E-state index in [4.69, 9.17) is 20.2 Å². The summed E-state index contributed by atoms with van der Waals surface area (Å²) in [5.74, 6) is 2.74. The highest BCUT2D eigenvalue weighted by molar-refractivity contribution is 5.60. The van der Waals surface area contributed by atoms with Crippen molar-refractivity contribution in [2.75, 3.05) is 23.3 Å². The number of anilines is 3. The van der Waals surface area contributed by atoms with E-state index in [1.54, 1.807) is 6.20 Å². The smallest absolute Gasteiger partial charge is 0.228 e. The maximum Gasteiger partial charge on any atom is 0.228 e. The Bertz CT molecular complexity index is 1250. The summed E-state index contributed by atoms with van der Waals surface area (Å²) >= 11 is 0. The molecule has 1 aliphatic heterocycles. The van der Waals surface area contributed by atoms with Gasteiger partial charge in [-0.1, -0.05) is 17.3 Å². The van der Waals surface area contributed by atoms with Crippen LogP contribution in [0.5, 0.6) is 0 Å². The van der Waals surface area contributed by atoms with Crippen LogP contribution in [-0.4, -0.2) is 43.4 Å². The first kappa shape index (κ1) is 20.8. The fourth-order valence-electron chi connectivity index (χ4n) is 3.92. The van der Waals surface area contributed by atoms with Crippen LogP contribution in [0.4, 0.5) is 17.6 Å². The average molecular weight is 444 g/mol. The molecular weight excluding hydrogens is 418 g/mol. The normalized spacial score (nSPS) is 16.1. The minimum absolute atomic E-state index is 0.0100. The van der Waals surface area contributed by atoms with Gasteiger partial charge in [-0.25, -0.2) is 4.98 Å². The van der Waals surface area contributed by atoms with E-state index < -0.39 is 0 Å². The molecule has 1 fully saturated rings. The number of nitrogens with zero attached hydrogens (tertiary/aromatic N) is 6. The van der Waals surface area contributed by atoms with E-state index in [0.717, 1.165) is 42.2 Å². The van der Waals surface area contributed by atoms with E-state index in [9.17, 15) is 0 Å². The number of hydrogen-bond donors (Lipinski definition) is 3. The molecule has 0 amide bonds. The van der Waals surface area contributed by atoms with Crippen LogP contribution in [0.15, 0.2) is 53.2 Å². The van der Waals surface area contributed by atoms with Crippen molar-refractivity contribution in [3.63, 3.8) is 0 Å². The Morgan fingerprint density at radius 1 is 1.21 bits per heavy atom. The molecule has 1 atom stereocenters. The number of pyridine rings is 1. The summed E-state index contributed by atoms with van der Waals surface area (Å²) < 4.78 is 5.73. The van der Waals surface area contributed by atoms with Gasteiger partial charge in [0.05, 0.1) is 17.4 Å². The average Bonchev–Trinajstić information content (AvgIpc) is 3.59. The van der Waals surface area contributed by atoms with Gasteiger partial charge in [0.1, 0.15) is 11.5 Å². The zero-order chi connectivity index (χ0) is 22.6. The molecule has 4 aromatic rings. The molecule has 33 heavy (non-hydrogen) atoms. The van der Waals surface area contributed by atoms with Gasteiger partial charge in [-0.3, -0.25) is 10.1 Å². The van der Waals surface area contributed by atoms with Gasteiger partial charge < -0.3 is 20.5 Å². The van der Waals surface area contributed by atoms with E-state index in [0.29, 0.717) is 29.8 Å². The number of rotatable bonds is 7. The molecule has 10 nitrogen and oxygen atoms in total. The Morgan fingerprint density at radius 2 is 2.15 bits per heavy atom. The van der Waals surface area contributed by atoms with Crippen LogP contribution >= 0.6 is 0 Å². The number of aromatic nitrogens is 6. The lowest BCUT2D eigenvalue weighted by atomic mass is 10.1. The molecule has 4 N–H and O–H groups in total. The molecule has 5 heterocycles. The second kappa shape index (κ2) is 9.21. The number of aryl methyl sites for hydroxylation is 1. The van der Waals surface area contributed by atoms with Crippen LogP contribution in [0.1, 0.15) is 36.0 Å². The van der Waals surface area contributed by atoms with E-state index in [-0.39, 0.29) is 6.04 Å². The molecule has 0 spiro atoms. The topological polar surface area (TPSA) is 135 Å². The molecule has 168 valence electrons. The lowest BCUT2D eigenvalue weighted by molar-refractivity contribution is 0.362. The second-order valence-electron chi connectivity index (χ2n) is 7.86. The molecule has 5 rings (SSSR count). The van der Waals surface area contributed by atoms with Crippen molar-refractivity contribution in [2.24, 2.45) is 5.73 Å². The highest BCUT2D eigenvalue weighted by Gasteiger charge is 2.32. The zero-order valence-electron chi connectivity index (χ0n) is 18.3. The number of aromatic amines is 1. The van der Waals surface area contributed by atoms with Crippen LogP contribution in [0.3, 0.4) is 0 Å². The van der Waals surface area contributed by atoms with Crippen molar-refractivity contribution in [3.05, 3.63) is 65.8 Å². The summed E-state index contributed by atoms with van der Waals surface area (Å²) in [7, 11) is 0. The highest BCUT2D eigenvalue weighted by atomic mass is 16.5. The van der Waals surface area contributed by atoms with Gasteiger partial charge in [-0.15, -0.1) is 0 Å². The minimum atomic E-state index is -0.0100. The Hall–Kier alpha value is -4.05. The van der Waals surface area contributed by atoms with Crippen molar-refractivity contribution in [1.82, 2.24) is 30.3 Å². The van der Waals surface area contributed by atoms with Crippen molar-refractivity contribution in [3.8, 4) is 11.4 Å². The molecule has 10 heteroatoms. The lowest BCUT2D eigenvalue weighted by Crippen LogP contribution is -2.25. The number of hydrogen-bond acceptors (Lipinski definition) is 9. The van der Waals surface area contributed by atoms with Crippen LogP contribution < -0.4 is 16.0 Å². The maximum atomic E-state index is 5.73. The van der Waals surface area contributed by atoms with Crippen molar-refractivity contribution in [1.29, 1.82) is 0 Å². The number of nitrogens with two attached hydrogens (primary N) is 1. The van der Waals surface area contributed by atoms with Crippen LogP contribution in [0, 0.1) is 6.92 Å². The van der Waals surface area contributed by atoms with Gasteiger partial charge in [0.15, 0.2) is 11.6 Å². The standard InChI is InChI=1S/C23H25N9O/c1-15-12-22(30-29-15)27-21-13-16(6-4-9-24)26-23(28-21)32-11-5-8-19(32)20-14-18(31-33-20)17-7-2-3-10-25-17/h2-4,6-7,10,12-14,19H,5,8-9,11,24H2,1H3,(H2,26,27,28,29,30)/t19-/m0/s1. The molecule has 0 aliphatic carbocycles. The predicted octanol–water partition coefficient (Wildman–Crippen LogP) is 3.62. The van der Waals surface area contributed by atoms with Gasteiger partial charge in [0.2, 0.25) is 5.95 Å². The van der Waals surface area contributed by atoms with Crippen LogP contribution in [0.25, 0.3) is 17.5 Å². The van der Waals surface area contributed by atoms with E-state index in [2.05, 4.69) is 30.6 Å². The van der Waals surface area contributed by atoms with Crippen LogP contribution in [0.2, 0.25) is 0 Å². The first-order valence-electron chi connectivity index (χ1n) is 10.9. The molecule has 1 saturated heterocycles. The Balaban J connectivity index is 1.46. The summed E-state index contributed by atoms with van der Waals surface area (Å²) in [6.45, 7) is 3.20. The quantitative estimate of drug-likeness (QED) is 0.391. The fourth-order valence-corrected chi connectivity index (χ4v) is 3.92. The minimum Gasteiger partial charge on any atom is -0.358 e. The summed E-state index contributed by atoms with van der Waals surface area (Å²) in [6.07, 6.45) is 7.42. The van der Waals surface area contributed by atoms with Gasteiger partial charge in [0, 0.05) is 43.2 Å². The third-order valence-corrected chi connectivity index (χ3v) is 5.41. The number of H-pyrrole nitrogens is 1. The van der Waals surface area contributed by atoms with Crippen molar-refractivity contribution < 1.29 is 4.52 Å². The zero-order valence-corrected chi connectivity index (χ0v) is 18.3. The Labute approximate surface area is 190 Å². The molecule has 4 aromatic heterocycles. The van der Waals surface area contributed by atoms with E-state index in [1.807, 2.05) is 55.5 Å². The third-order valence-electron chi connectivity index (χ3n) is 5.41. The molecule has 0 unspecified atom stereocenters. The monoisotopic (exact) mass is 443 g/mol. The van der Waals surface area contributed by atoms with E-state index >= 15 is 0 Å². The molecule has 1 aliphatic rings. The van der Waals surface area contributed by atoms with Crippen molar-refractivity contribution >= 4 is 23.7 Å². The lowest BCUT2D eigenvalue weighted by Gasteiger charge is -2.23. The summed E-state index contributed by atoms with van der Waals surface area (Å²) in [5, 5.41) is 14.7. The summed E-state index contributed by atoms with van der Waals surface area (Å²) in [6, 6.07) is 11.5. The van der Waals surface area contributed by atoms with Crippen LogP contribution in [-0.2, 0) is 0 Å². The molecule has 0 saturated carbocycles. The Kier molecular flexibility index (Phi) is 5.81. The first-order chi connectivity index (χ1) is 16.2. The summed E-state index contributed by atoms with van der Waals surface area (Å²) in [5.41, 5.74) is 8.88. The highest BCUT2D eigenvalue weighted by Crippen LogP contribution is 2.36. The van der Waals surface area contributed by atoms with E-state index in [1.165, 1.54) is 0 Å². The molecular formula is C23H25N9O. The second-order valence-corrected chi connectivity index (χ2v) is 7.86. The number of nitrogens with one attached hydrogen (secondary N) is 2. The van der Waals surface area contributed by atoms with Gasteiger partial charge in [0.25, 0.3) is 0 Å². The van der Waals surface area contributed by atoms with Crippen molar-refractivity contribution in [2.45, 2.75) is 25.8 Å². The SMILES string of the molecule is Cc1cc(Nc2cc(C=CCN)nc(N3CCC[C@H]3c3cc(-c4ccccn4)no3)n2)n[nH]1.